The van der Waals surface area contributed by atoms with E-state index < -0.39 is 0 Å². The molecule has 4 aliphatic carbocycles. The lowest BCUT2D eigenvalue weighted by atomic mass is 9.48. The molecule has 3 nitrogen and oxygen atoms in total. The second-order valence-corrected chi connectivity index (χ2v) is 10.3. The summed E-state index contributed by atoms with van der Waals surface area (Å²) in [7, 11) is 0. The number of benzene rings is 2. The molecular formula is C23H24BrClN2O. The van der Waals surface area contributed by atoms with Gasteiger partial charge in [-0.05, 0) is 114 Å². The molecular weight excluding hydrogens is 436 g/mol. The van der Waals surface area contributed by atoms with Crippen LogP contribution in [0, 0.1) is 17.8 Å². The van der Waals surface area contributed by atoms with Crippen molar-refractivity contribution in [3.63, 3.8) is 0 Å². The molecule has 6 rings (SSSR count). The van der Waals surface area contributed by atoms with Crippen molar-refractivity contribution in [3.8, 4) is 0 Å². The predicted octanol–water partition coefficient (Wildman–Crippen LogP) is 6.40. The molecule has 2 aromatic carbocycles. The molecule has 1 amide bonds. The minimum atomic E-state index is -0.188. The van der Waals surface area contributed by atoms with Crippen molar-refractivity contribution in [2.45, 2.75) is 43.9 Å². The maximum atomic E-state index is 12.6. The Morgan fingerprint density at radius 1 is 1.04 bits per heavy atom. The van der Waals surface area contributed by atoms with Crippen molar-refractivity contribution in [1.82, 2.24) is 0 Å². The molecule has 4 fully saturated rings. The zero-order chi connectivity index (χ0) is 19.5. The van der Waals surface area contributed by atoms with E-state index in [-0.39, 0.29) is 5.91 Å². The van der Waals surface area contributed by atoms with E-state index in [2.05, 4.69) is 33.4 Å². The Balaban J connectivity index is 1.38. The molecule has 0 aromatic heterocycles. The highest BCUT2D eigenvalue weighted by atomic mass is 79.9. The molecule has 2 aromatic rings. The largest absolute Gasteiger partial charge is 0.398 e. The number of amides is 1. The topological polar surface area (TPSA) is 55.1 Å². The van der Waals surface area contributed by atoms with Gasteiger partial charge in [-0.15, -0.1) is 0 Å². The van der Waals surface area contributed by atoms with Gasteiger partial charge in [0.25, 0.3) is 5.91 Å². The quantitative estimate of drug-likeness (QED) is 0.521. The number of nitrogen functional groups attached to an aromatic ring is 1. The van der Waals surface area contributed by atoms with Gasteiger partial charge in [-0.3, -0.25) is 4.79 Å². The van der Waals surface area contributed by atoms with Crippen LogP contribution in [0.4, 0.5) is 11.4 Å². The number of carbonyl (C=O) groups excluding carboxylic acids is 1. The van der Waals surface area contributed by atoms with Crippen LogP contribution in [-0.2, 0) is 5.41 Å². The maximum Gasteiger partial charge on any atom is 0.255 e. The van der Waals surface area contributed by atoms with E-state index in [1.54, 1.807) is 18.2 Å². The Morgan fingerprint density at radius 3 is 2.25 bits per heavy atom. The Kier molecular flexibility index (Phi) is 4.48. The number of rotatable bonds is 3. The van der Waals surface area contributed by atoms with Crippen LogP contribution >= 0.6 is 27.5 Å². The first kappa shape index (κ1) is 18.5. The van der Waals surface area contributed by atoms with Gasteiger partial charge in [-0.25, -0.2) is 0 Å². The van der Waals surface area contributed by atoms with E-state index in [0.29, 0.717) is 21.7 Å². The Labute approximate surface area is 179 Å². The fourth-order valence-corrected chi connectivity index (χ4v) is 6.89. The zero-order valence-electron chi connectivity index (χ0n) is 15.7. The minimum absolute atomic E-state index is 0.188. The van der Waals surface area contributed by atoms with Gasteiger partial charge in [0, 0.05) is 10.0 Å². The third-order valence-corrected chi connectivity index (χ3v) is 8.13. The zero-order valence-corrected chi connectivity index (χ0v) is 18.0. The third kappa shape index (κ3) is 3.15. The smallest absolute Gasteiger partial charge is 0.255 e. The van der Waals surface area contributed by atoms with Gasteiger partial charge < -0.3 is 11.1 Å². The highest BCUT2D eigenvalue weighted by molar-refractivity contribution is 9.10. The summed E-state index contributed by atoms with van der Waals surface area (Å²) in [6, 6.07) is 11.4. The first-order valence-corrected chi connectivity index (χ1v) is 11.3. The van der Waals surface area contributed by atoms with Gasteiger partial charge in [0.2, 0.25) is 0 Å². The molecule has 28 heavy (non-hydrogen) atoms. The highest BCUT2D eigenvalue weighted by Crippen LogP contribution is 2.61. The molecule has 0 aliphatic heterocycles. The van der Waals surface area contributed by atoms with Crippen LogP contribution < -0.4 is 11.1 Å². The monoisotopic (exact) mass is 458 g/mol. The average molecular weight is 460 g/mol. The Hall–Kier alpha value is -1.52. The predicted molar refractivity (Wildman–Crippen MR) is 118 cm³/mol. The fourth-order valence-electron chi connectivity index (χ4n) is 6.29. The van der Waals surface area contributed by atoms with Crippen LogP contribution in [-0.4, -0.2) is 5.91 Å². The SMILES string of the molecule is Nc1cc(C(=O)Nc2ccc(C34CC5CC(CC(C5)C3)C4)cc2Br)ccc1Cl. The Morgan fingerprint density at radius 2 is 1.68 bits per heavy atom. The second kappa shape index (κ2) is 6.77. The van der Waals surface area contributed by atoms with E-state index in [0.717, 1.165) is 27.9 Å². The maximum absolute atomic E-state index is 12.6. The van der Waals surface area contributed by atoms with Crippen molar-refractivity contribution in [1.29, 1.82) is 0 Å². The lowest BCUT2D eigenvalue weighted by Gasteiger charge is -2.57. The van der Waals surface area contributed by atoms with Gasteiger partial charge in [0.1, 0.15) is 0 Å². The van der Waals surface area contributed by atoms with Crippen molar-refractivity contribution in [2.24, 2.45) is 17.8 Å². The summed E-state index contributed by atoms with van der Waals surface area (Å²) in [5, 5.41) is 3.45. The van der Waals surface area contributed by atoms with E-state index in [4.69, 9.17) is 17.3 Å². The molecule has 5 heteroatoms. The van der Waals surface area contributed by atoms with Crippen molar-refractivity contribution in [2.75, 3.05) is 11.1 Å². The van der Waals surface area contributed by atoms with E-state index in [1.807, 2.05) is 6.07 Å². The highest BCUT2D eigenvalue weighted by Gasteiger charge is 2.51. The first-order valence-electron chi connectivity index (χ1n) is 10.1. The molecule has 0 atom stereocenters. The van der Waals surface area contributed by atoms with Crippen LogP contribution in [0.25, 0.3) is 0 Å². The second-order valence-electron chi connectivity index (χ2n) is 9.08. The first-order chi connectivity index (χ1) is 13.4. The molecule has 4 aliphatic rings. The summed E-state index contributed by atoms with van der Waals surface area (Å²) < 4.78 is 0.941. The Bertz CT molecular complexity index is 922. The van der Waals surface area contributed by atoms with Crippen LogP contribution in [0.1, 0.15) is 54.4 Å². The van der Waals surface area contributed by atoms with E-state index >= 15 is 0 Å². The fraction of sp³-hybridized carbons (Fsp3) is 0.435. The van der Waals surface area contributed by atoms with Gasteiger partial charge in [-0.1, -0.05) is 17.7 Å². The van der Waals surface area contributed by atoms with Crippen LogP contribution in [0.3, 0.4) is 0 Å². The molecule has 0 unspecified atom stereocenters. The summed E-state index contributed by atoms with van der Waals surface area (Å²) in [6.45, 7) is 0. The van der Waals surface area contributed by atoms with Crippen LogP contribution in [0.2, 0.25) is 5.02 Å². The van der Waals surface area contributed by atoms with Gasteiger partial charge in [0.15, 0.2) is 0 Å². The standard InChI is InChI=1S/C23H24BrClN2O/c24-18-9-17(23-10-13-5-14(11-23)7-15(6-13)12-23)2-4-21(18)27-22(28)16-1-3-19(25)20(26)8-16/h1-4,8-9,13-15H,5-7,10-12,26H2,(H,27,28). The summed E-state index contributed by atoms with van der Waals surface area (Å²) in [6.07, 6.45) is 8.33. The molecule has 0 radical (unpaired) electrons. The number of nitrogens with one attached hydrogen (secondary N) is 1. The van der Waals surface area contributed by atoms with Crippen LogP contribution in [0.5, 0.6) is 0 Å². The summed E-state index contributed by atoms with van der Waals surface area (Å²) in [5.41, 5.74) is 9.30. The molecule has 0 saturated heterocycles. The number of halogens is 2. The minimum Gasteiger partial charge on any atom is -0.398 e. The van der Waals surface area contributed by atoms with Gasteiger partial charge >= 0.3 is 0 Å². The van der Waals surface area contributed by atoms with Gasteiger partial charge in [0.05, 0.1) is 16.4 Å². The summed E-state index contributed by atoms with van der Waals surface area (Å²) in [4.78, 5) is 12.6. The number of carbonyl (C=O) groups is 1. The number of anilines is 2. The normalized spacial score (nSPS) is 30.4. The van der Waals surface area contributed by atoms with E-state index in [1.165, 1.54) is 44.1 Å². The molecule has 0 heterocycles. The number of nitrogens with two attached hydrogens (primary N) is 1. The lowest BCUT2D eigenvalue weighted by Crippen LogP contribution is -2.48. The third-order valence-electron chi connectivity index (χ3n) is 7.13. The van der Waals surface area contributed by atoms with E-state index in [9.17, 15) is 4.79 Å². The molecule has 4 saturated carbocycles. The number of hydrogen-bond donors (Lipinski definition) is 2. The molecule has 4 bridgehead atoms. The lowest BCUT2D eigenvalue weighted by molar-refractivity contribution is -0.00520. The molecule has 3 N–H and O–H groups in total. The van der Waals surface area contributed by atoms with Crippen LogP contribution in [0.15, 0.2) is 40.9 Å². The van der Waals surface area contributed by atoms with Gasteiger partial charge in [-0.2, -0.15) is 0 Å². The molecule has 146 valence electrons. The average Bonchev–Trinajstić information content (AvgIpc) is 2.64. The summed E-state index contributed by atoms with van der Waals surface area (Å²) >= 11 is 9.65. The molecule has 0 spiro atoms. The van der Waals surface area contributed by atoms with Crippen molar-refractivity contribution < 1.29 is 4.79 Å². The summed E-state index contributed by atoms with van der Waals surface area (Å²) in [5.74, 6) is 2.56. The van der Waals surface area contributed by atoms with Crippen molar-refractivity contribution >= 4 is 44.8 Å². The number of hydrogen-bond acceptors (Lipinski definition) is 2. The van der Waals surface area contributed by atoms with Crippen molar-refractivity contribution in [3.05, 3.63) is 57.0 Å².